The van der Waals surface area contributed by atoms with Gasteiger partial charge in [-0.2, -0.15) is 0 Å². The van der Waals surface area contributed by atoms with E-state index in [0.29, 0.717) is 0 Å². The Labute approximate surface area is 256 Å². The first-order valence-corrected chi connectivity index (χ1v) is 14.4. The minimum Gasteiger partial charge on any atom is -0.0870 e. The SMILES string of the molecule is C.C/C=C\C(=C(C)C)c1ccccc1C.Cc1ccc(-c2ccc(C)cc2)cc1.Cc1ccc(-c2ccccc2)cc1. The van der Waals surface area contributed by atoms with E-state index in [1.54, 1.807) is 0 Å². The largest absolute Gasteiger partial charge is 0.0870 e. The number of allylic oxidation sites excluding steroid dienone is 4. The van der Waals surface area contributed by atoms with Crippen LogP contribution in [0.4, 0.5) is 0 Å². The second kappa shape index (κ2) is 17.4. The molecule has 0 saturated heterocycles. The van der Waals surface area contributed by atoms with E-state index in [-0.39, 0.29) is 7.43 Å². The summed E-state index contributed by atoms with van der Waals surface area (Å²) in [6.45, 7) is 14.8. The molecule has 0 heterocycles. The van der Waals surface area contributed by atoms with Crippen molar-refractivity contribution in [2.24, 2.45) is 0 Å². The highest BCUT2D eigenvalue weighted by atomic mass is 14.1. The molecule has 0 amide bonds. The Morgan fingerprint density at radius 3 is 1.17 bits per heavy atom. The number of hydrogen-bond donors (Lipinski definition) is 0. The summed E-state index contributed by atoms with van der Waals surface area (Å²) in [5, 5.41) is 0. The molecule has 0 aliphatic carbocycles. The first kappa shape index (κ1) is 33.8. The Morgan fingerprint density at radius 2 is 0.810 bits per heavy atom. The van der Waals surface area contributed by atoms with Crippen LogP contribution < -0.4 is 0 Å². The first-order chi connectivity index (χ1) is 19.8. The molecule has 5 aromatic carbocycles. The molecule has 5 aromatic rings. The second-order valence-corrected chi connectivity index (χ2v) is 10.7. The Balaban J connectivity index is 0.000000218. The molecule has 0 nitrogen and oxygen atoms in total. The zero-order valence-electron chi connectivity index (χ0n) is 25.8. The van der Waals surface area contributed by atoms with Crippen LogP contribution in [-0.4, -0.2) is 0 Å². The molecule has 0 atom stereocenters. The standard InChI is InChI=1S/C14H14.C14H18.C13H12.CH4/c1-11-3-7-13(8-4-11)14-9-5-12(2)6-10-14;1-5-8-13(11(2)3)14-10-7-6-9-12(14)4;1-11-7-9-13(10-8-11)12-5-3-2-4-6-12;/h3-10H,1-2H3;5-10H,1-4H3;2-10H,1H3;1H4/b;8-5-;;. The van der Waals surface area contributed by atoms with Crippen molar-refractivity contribution in [2.75, 3.05) is 0 Å². The Kier molecular flexibility index (Phi) is 14.0. The number of rotatable bonds is 4. The Bertz CT molecular complexity index is 1480. The summed E-state index contributed by atoms with van der Waals surface area (Å²) < 4.78 is 0. The van der Waals surface area contributed by atoms with Gasteiger partial charge in [0.25, 0.3) is 0 Å². The van der Waals surface area contributed by atoms with Gasteiger partial charge in [0, 0.05) is 0 Å². The summed E-state index contributed by atoms with van der Waals surface area (Å²) >= 11 is 0. The normalized spacial score (nSPS) is 9.98. The molecule has 0 aliphatic heterocycles. The van der Waals surface area contributed by atoms with E-state index in [0.717, 1.165) is 0 Å². The van der Waals surface area contributed by atoms with Gasteiger partial charge >= 0.3 is 0 Å². The molecule has 0 bridgehead atoms. The van der Waals surface area contributed by atoms with Gasteiger partial charge in [-0.3, -0.25) is 0 Å². The van der Waals surface area contributed by atoms with E-state index in [1.807, 2.05) is 6.07 Å². The number of aryl methyl sites for hydroxylation is 4. The highest BCUT2D eigenvalue weighted by Gasteiger charge is 2.02. The Morgan fingerprint density at radius 1 is 0.452 bits per heavy atom. The summed E-state index contributed by atoms with van der Waals surface area (Å²) in [5.41, 5.74) is 14.4. The summed E-state index contributed by atoms with van der Waals surface area (Å²) in [4.78, 5) is 0. The molecule has 5 rings (SSSR count). The van der Waals surface area contributed by atoms with Gasteiger partial charge in [-0.1, -0.05) is 169 Å². The van der Waals surface area contributed by atoms with E-state index in [9.17, 15) is 0 Å². The summed E-state index contributed by atoms with van der Waals surface area (Å²) in [5.74, 6) is 0. The zero-order valence-corrected chi connectivity index (χ0v) is 25.8. The maximum absolute atomic E-state index is 2.18. The van der Waals surface area contributed by atoms with Gasteiger partial charge in [0.15, 0.2) is 0 Å². The lowest BCUT2D eigenvalue weighted by Gasteiger charge is -2.08. The molecule has 0 N–H and O–H groups in total. The summed E-state index contributed by atoms with van der Waals surface area (Å²) in [6, 6.07) is 44.8. The van der Waals surface area contributed by atoms with Crippen LogP contribution in [-0.2, 0) is 0 Å². The average molecular weight is 553 g/mol. The molecule has 0 aliphatic rings. The Hall–Kier alpha value is -4.42. The third-order valence-corrected chi connectivity index (χ3v) is 6.90. The quantitative estimate of drug-likeness (QED) is 0.194. The minimum atomic E-state index is 0. The fourth-order valence-electron chi connectivity index (χ4n) is 4.44. The molecule has 0 fully saturated rings. The molecule has 0 radical (unpaired) electrons. The average Bonchev–Trinajstić information content (AvgIpc) is 2.99. The molecule has 0 heteroatoms. The second-order valence-electron chi connectivity index (χ2n) is 10.7. The predicted octanol–water partition coefficient (Wildman–Crippen LogP) is 12.6. The molecule has 216 valence electrons. The van der Waals surface area contributed by atoms with Crippen molar-refractivity contribution in [3.63, 3.8) is 0 Å². The van der Waals surface area contributed by atoms with Crippen molar-refractivity contribution in [3.8, 4) is 22.3 Å². The fraction of sp³-hybridized carbons (Fsp3) is 0.190. The third-order valence-electron chi connectivity index (χ3n) is 6.90. The number of hydrogen-bond acceptors (Lipinski definition) is 0. The summed E-state index contributed by atoms with van der Waals surface area (Å²) in [7, 11) is 0. The van der Waals surface area contributed by atoms with Crippen LogP contribution in [0, 0.1) is 27.7 Å². The van der Waals surface area contributed by atoms with Gasteiger partial charge < -0.3 is 0 Å². The van der Waals surface area contributed by atoms with Crippen LogP contribution in [0.2, 0.25) is 0 Å². The van der Waals surface area contributed by atoms with Crippen molar-refractivity contribution in [3.05, 3.63) is 173 Å². The van der Waals surface area contributed by atoms with E-state index in [1.165, 1.54) is 61.2 Å². The van der Waals surface area contributed by atoms with Crippen LogP contribution >= 0.6 is 0 Å². The monoisotopic (exact) mass is 552 g/mol. The van der Waals surface area contributed by atoms with Crippen molar-refractivity contribution in [1.82, 2.24) is 0 Å². The van der Waals surface area contributed by atoms with Gasteiger partial charge in [0.2, 0.25) is 0 Å². The zero-order chi connectivity index (χ0) is 29.6. The van der Waals surface area contributed by atoms with Crippen molar-refractivity contribution in [1.29, 1.82) is 0 Å². The van der Waals surface area contributed by atoms with Gasteiger partial charge in [-0.05, 0) is 87.4 Å². The van der Waals surface area contributed by atoms with Gasteiger partial charge in [-0.15, -0.1) is 0 Å². The van der Waals surface area contributed by atoms with Gasteiger partial charge in [-0.25, -0.2) is 0 Å². The van der Waals surface area contributed by atoms with E-state index in [2.05, 4.69) is 182 Å². The molecular formula is C42H48. The van der Waals surface area contributed by atoms with Gasteiger partial charge in [0.05, 0.1) is 0 Å². The lowest BCUT2D eigenvalue weighted by molar-refractivity contribution is 1.36. The van der Waals surface area contributed by atoms with Crippen LogP contribution in [0.15, 0.2) is 145 Å². The van der Waals surface area contributed by atoms with E-state index < -0.39 is 0 Å². The van der Waals surface area contributed by atoms with Crippen molar-refractivity contribution >= 4 is 5.57 Å². The highest BCUT2D eigenvalue weighted by molar-refractivity contribution is 5.77. The highest BCUT2D eigenvalue weighted by Crippen LogP contribution is 2.23. The molecule has 0 aromatic heterocycles. The van der Waals surface area contributed by atoms with E-state index >= 15 is 0 Å². The molecule has 0 saturated carbocycles. The molecule has 42 heavy (non-hydrogen) atoms. The first-order valence-electron chi connectivity index (χ1n) is 14.4. The smallest absolute Gasteiger partial charge is 0.0156 e. The summed E-state index contributed by atoms with van der Waals surface area (Å²) in [6.07, 6.45) is 4.27. The van der Waals surface area contributed by atoms with Crippen LogP contribution in [0.5, 0.6) is 0 Å². The van der Waals surface area contributed by atoms with E-state index in [4.69, 9.17) is 0 Å². The maximum Gasteiger partial charge on any atom is -0.0156 e. The molecule has 0 spiro atoms. The lowest BCUT2D eigenvalue weighted by atomic mass is 9.97. The van der Waals surface area contributed by atoms with Crippen LogP contribution in [0.3, 0.4) is 0 Å². The van der Waals surface area contributed by atoms with Crippen LogP contribution in [0.1, 0.15) is 56.0 Å². The molecule has 0 unspecified atom stereocenters. The van der Waals surface area contributed by atoms with Crippen molar-refractivity contribution in [2.45, 2.75) is 55.9 Å². The molecular weight excluding hydrogens is 504 g/mol. The minimum absolute atomic E-state index is 0. The third kappa shape index (κ3) is 10.5. The topological polar surface area (TPSA) is 0 Å². The predicted molar refractivity (Wildman–Crippen MR) is 189 cm³/mol. The fourth-order valence-corrected chi connectivity index (χ4v) is 4.44. The van der Waals surface area contributed by atoms with Crippen LogP contribution in [0.25, 0.3) is 27.8 Å². The van der Waals surface area contributed by atoms with Crippen molar-refractivity contribution < 1.29 is 0 Å². The maximum atomic E-state index is 2.18. The lowest BCUT2D eigenvalue weighted by Crippen LogP contribution is -1.87. The van der Waals surface area contributed by atoms with Gasteiger partial charge in [0.1, 0.15) is 0 Å². The number of benzene rings is 5.